The van der Waals surface area contributed by atoms with E-state index < -0.39 is 0 Å². The number of hydrazone groups is 1. The minimum atomic E-state index is -0.176. The van der Waals surface area contributed by atoms with Crippen molar-refractivity contribution in [1.29, 1.82) is 0 Å². The van der Waals surface area contributed by atoms with Crippen LogP contribution < -0.4 is 10.2 Å². The molecule has 0 aliphatic carbocycles. The molecule has 0 atom stereocenters. The molecule has 1 aromatic carbocycles. The molecule has 0 saturated carbocycles. The van der Waals surface area contributed by atoms with Crippen molar-refractivity contribution >= 4 is 11.6 Å². The number of hydrogen-bond donors (Lipinski definition) is 1. The van der Waals surface area contributed by atoms with E-state index in [9.17, 15) is 4.79 Å². The summed E-state index contributed by atoms with van der Waals surface area (Å²) in [6, 6.07) is 7.30. The zero-order chi connectivity index (χ0) is 20.5. The van der Waals surface area contributed by atoms with Crippen LogP contribution in [0, 0.1) is 0 Å². The Morgan fingerprint density at radius 3 is 2.07 bits per heavy atom. The van der Waals surface area contributed by atoms with Gasteiger partial charge >= 0.3 is 0 Å². The van der Waals surface area contributed by atoms with Gasteiger partial charge in [-0.2, -0.15) is 5.10 Å². The molecule has 0 heterocycles. The first-order chi connectivity index (χ1) is 13.7. The maximum absolute atomic E-state index is 12.2. The molecule has 1 rings (SSSR count). The molecule has 28 heavy (non-hydrogen) atoms. The van der Waals surface area contributed by atoms with Crippen LogP contribution in [-0.4, -0.2) is 18.2 Å². The quantitative estimate of drug-likeness (QED) is 0.190. The molecule has 158 valence electrons. The van der Waals surface area contributed by atoms with Gasteiger partial charge in [-0.05, 0) is 50.5 Å². The van der Waals surface area contributed by atoms with E-state index in [1.54, 1.807) is 12.1 Å². The molecule has 0 unspecified atom stereocenters. The molecule has 4 nitrogen and oxygen atoms in total. The average Bonchev–Trinajstić information content (AvgIpc) is 2.71. The Balaban J connectivity index is 2.20. The van der Waals surface area contributed by atoms with Gasteiger partial charge in [0.15, 0.2) is 0 Å². The Morgan fingerprint density at radius 1 is 0.857 bits per heavy atom. The van der Waals surface area contributed by atoms with E-state index >= 15 is 0 Å². The Hall–Kier alpha value is -1.84. The summed E-state index contributed by atoms with van der Waals surface area (Å²) < 4.78 is 5.78. The second kappa shape index (κ2) is 16.1. The number of rotatable bonds is 16. The first-order valence-electron chi connectivity index (χ1n) is 11.2. The zero-order valence-corrected chi connectivity index (χ0v) is 18.3. The lowest BCUT2D eigenvalue weighted by Crippen LogP contribution is -2.19. The van der Waals surface area contributed by atoms with Gasteiger partial charge < -0.3 is 4.74 Å². The Morgan fingerprint density at radius 2 is 1.43 bits per heavy atom. The molecule has 1 amide bonds. The third-order valence-electron chi connectivity index (χ3n) is 4.87. The van der Waals surface area contributed by atoms with Crippen LogP contribution in [0.1, 0.15) is 108 Å². The van der Waals surface area contributed by atoms with Crippen molar-refractivity contribution in [2.45, 2.75) is 97.8 Å². The fraction of sp³-hybridized carbons (Fsp3) is 0.667. The molecule has 0 bridgehead atoms. The normalized spacial score (nSPS) is 11.5. The predicted octanol–water partition coefficient (Wildman–Crippen LogP) is 6.89. The highest BCUT2D eigenvalue weighted by atomic mass is 16.5. The van der Waals surface area contributed by atoms with Gasteiger partial charge in [-0.1, -0.05) is 71.6 Å². The largest absolute Gasteiger partial charge is 0.494 e. The highest BCUT2D eigenvalue weighted by molar-refractivity contribution is 5.95. The van der Waals surface area contributed by atoms with Crippen LogP contribution >= 0.6 is 0 Å². The lowest BCUT2D eigenvalue weighted by molar-refractivity contribution is 0.0954. The van der Waals surface area contributed by atoms with E-state index in [0.29, 0.717) is 5.56 Å². The topological polar surface area (TPSA) is 50.7 Å². The highest BCUT2D eigenvalue weighted by Gasteiger charge is 2.05. The molecule has 1 N–H and O–H groups in total. The number of hydrogen-bond acceptors (Lipinski definition) is 3. The summed E-state index contributed by atoms with van der Waals surface area (Å²) in [6.07, 6.45) is 14.8. The van der Waals surface area contributed by atoms with Crippen LogP contribution in [0.25, 0.3) is 0 Å². The lowest BCUT2D eigenvalue weighted by Gasteiger charge is -2.07. The number of ether oxygens (including phenoxy) is 1. The zero-order valence-electron chi connectivity index (χ0n) is 18.3. The van der Waals surface area contributed by atoms with Gasteiger partial charge in [-0.15, -0.1) is 0 Å². The molecular formula is C24H40N2O2. The smallest absolute Gasteiger partial charge is 0.271 e. The molecular weight excluding hydrogens is 348 g/mol. The van der Waals surface area contributed by atoms with E-state index in [0.717, 1.165) is 37.3 Å². The summed E-state index contributed by atoms with van der Waals surface area (Å²) in [5, 5.41) is 4.18. The highest BCUT2D eigenvalue weighted by Crippen LogP contribution is 2.14. The van der Waals surface area contributed by atoms with Crippen molar-refractivity contribution in [1.82, 2.24) is 5.43 Å². The van der Waals surface area contributed by atoms with Gasteiger partial charge in [0.25, 0.3) is 5.91 Å². The van der Waals surface area contributed by atoms with Gasteiger partial charge in [0.05, 0.1) is 6.61 Å². The van der Waals surface area contributed by atoms with Gasteiger partial charge in [0, 0.05) is 11.3 Å². The van der Waals surface area contributed by atoms with Crippen LogP contribution in [-0.2, 0) is 0 Å². The minimum absolute atomic E-state index is 0.176. The summed E-state index contributed by atoms with van der Waals surface area (Å²) in [5.74, 6) is 0.642. The number of carbonyl (C=O) groups is 1. The molecule has 0 radical (unpaired) electrons. The second-order valence-electron chi connectivity index (χ2n) is 7.59. The summed E-state index contributed by atoms with van der Waals surface area (Å²) >= 11 is 0. The van der Waals surface area contributed by atoms with Gasteiger partial charge in [-0.25, -0.2) is 5.43 Å². The first-order valence-corrected chi connectivity index (χ1v) is 11.2. The first kappa shape index (κ1) is 24.2. The van der Waals surface area contributed by atoms with Crippen molar-refractivity contribution in [3.05, 3.63) is 29.8 Å². The third-order valence-corrected chi connectivity index (χ3v) is 4.87. The maximum Gasteiger partial charge on any atom is 0.271 e. The molecule has 0 aliphatic rings. The van der Waals surface area contributed by atoms with Crippen molar-refractivity contribution in [3.63, 3.8) is 0 Å². The minimum Gasteiger partial charge on any atom is -0.494 e. The molecule has 0 fully saturated rings. The number of benzene rings is 1. The van der Waals surface area contributed by atoms with E-state index in [1.165, 1.54) is 57.8 Å². The van der Waals surface area contributed by atoms with Crippen molar-refractivity contribution in [2.24, 2.45) is 5.10 Å². The van der Waals surface area contributed by atoms with Crippen LogP contribution in [0.2, 0.25) is 0 Å². The summed E-state index contributed by atoms with van der Waals surface area (Å²) in [6.45, 7) is 7.12. The summed E-state index contributed by atoms with van der Waals surface area (Å²) in [4.78, 5) is 12.2. The molecule has 0 aliphatic heterocycles. The van der Waals surface area contributed by atoms with Crippen molar-refractivity contribution < 1.29 is 9.53 Å². The lowest BCUT2D eigenvalue weighted by atomic mass is 10.1. The number of nitrogens with one attached hydrogen (secondary N) is 1. The van der Waals surface area contributed by atoms with Crippen molar-refractivity contribution in [3.8, 4) is 5.75 Å². The second-order valence-corrected chi connectivity index (χ2v) is 7.59. The van der Waals surface area contributed by atoms with Crippen LogP contribution in [0.5, 0.6) is 5.75 Å². The van der Waals surface area contributed by atoms with Gasteiger partial charge in [0.2, 0.25) is 0 Å². The van der Waals surface area contributed by atoms with Crippen LogP contribution in [0.4, 0.5) is 0 Å². The maximum atomic E-state index is 12.2. The van der Waals surface area contributed by atoms with Gasteiger partial charge in [0.1, 0.15) is 5.75 Å². The molecule has 0 aromatic heterocycles. The Bertz CT molecular complexity index is 552. The monoisotopic (exact) mass is 388 g/mol. The fourth-order valence-electron chi connectivity index (χ4n) is 3.03. The fourth-order valence-corrected chi connectivity index (χ4v) is 3.03. The van der Waals surface area contributed by atoms with Crippen LogP contribution in [0.3, 0.4) is 0 Å². The summed E-state index contributed by atoms with van der Waals surface area (Å²) in [5.41, 5.74) is 4.20. The molecule has 0 spiro atoms. The number of carbonyl (C=O) groups excluding carboxylic acids is 1. The van der Waals surface area contributed by atoms with Crippen molar-refractivity contribution in [2.75, 3.05) is 6.61 Å². The Kier molecular flexibility index (Phi) is 14.0. The molecule has 4 heteroatoms. The van der Waals surface area contributed by atoms with E-state index in [2.05, 4.69) is 24.4 Å². The van der Waals surface area contributed by atoms with Crippen LogP contribution in [0.15, 0.2) is 29.4 Å². The number of unbranched alkanes of at least 4 members (excludes halogenated alkanes) is 9. The molecule has 0 saturated heterocycles. The van der Waals surface area contributed by atoms with E-state index in [-0.39, 0.29) is 5.91 Å². The Labute approximate surface area is 172 Å². The van der Waals surface area contributed by atoms with E-state index in [4.69, 9.17) is 4.74 Å². The molecule has 1 aromatic rings. The predicted molar refractivity (Wildman–Crippen MR) is 119 cm³/mol. The SMILES string of the molecule is CCCCCCCCCCOc1ccc(C(=O)N/N=C(/C)CCCCC)cc1. The van der Waals surface area contributed by atoms with Gasteiger partial charge in [-0.3, -0.25) is 4.79 Å². The third kappa shape index (κ3) is 11.8. The number of nitrogens with zero attached hydrogens (tertiary/aromatic N) is 1. The number of amides is 1. The standard InChI is InChI=1S/C24H40N2O2/c1-4-6-8-9-10-11-12-14-20-28-23-18-16-22(17-19-23)24(27)26-25-21(3)15-13-7-5-2/h16-19H,4-15,20H2,1-3H3,(H,26,27)/b25-21-. The average molecular weight is 389 g/mol. The van der Waals surface area contributed by atoms with E-state index in [1.807, 2.05) is 19.1 Å². The summed E-state index contributed by atoms with van der Waals surface area (Å²) in [7, 11) is 0.